The van der Waals surface area contributed by atoms with Gasteiger partial charge in [0.2, 0.25) is 0 Å². The molecule has 0 amide bonds. The molecule has 0 aliphatic carbocycles. The van der Waals surface area contributed by atoms with Crippen LogP contribution in [0.25, 0.3) is 0 Å². The first-order valence-corrected chi connectivity index (χ1v) is 11.9. The van der Waals surface area contributed by atoms with Crippen LogP contribution < -0.4 is 9.46 Å². The zero-order chi connectivity index (χ0) is 21.9. The number of likely N-dealkylation sites (tertiary alicyclic amines) is 1. The van der Waals surface area contributed by atoms with E-state index in [1.54, 1.807) is 11.3 Å². The fraction of sp³-hybridized carbons (Fsp3) is 0.545. The van der Waals surface area contributed by atoms with Gasteiger partial charge in [-0.25, -0.2) is 0 Å². The largest absolute Gasteiger partial charge is 0.488 e. The van der Waals surface area contributed by atoms with Gasteiger partial charge < -0.3 is 14.4 Å². The highest BCUT2D eigenvalue weighted by atomic mass is 32.2. The topological polar surface area (TPSA) is 24.5 Å². The molecule has 2 aromatic rings. The van der Waals surface area contributed by atoms with Gasteiger partial charge in [0.1, 0.15) is 11.9 Å². The molecule has 1 N–H and O–H groups in total. The second-order valence-electron chi connectivity index (χ2n) is 7.86. The number of unbranched alkanes of at least 4 members (excludes halogenated alkanes) is 1. The summed E-state index contributed by atoms with van der Waals surface area (Å²) in [6.07, 6.45) is -0.552. The normalized spacial score (nSPS) is 17.5. The molecule has 0 bridgehead atoms. The van der Waals surface area contributed by atoms with Crippen molar-refractivity contribution in [2.75, 3.05) is 24.9 Å². The van der Waals surface area contributed by atoms with E-state index in [4.69, 9.17) is 4.74 Å². The van der Waals surface area contributed by atoms with Crippen LogP contribution in [0, 0.1) is 13.8 Å². The van der Waals surface area contributed by atoms with Crippen LogP contribution in [-0.2, 0) is 12.6 Å². The second kappa shape index (κ2) is 9.83. The third-order valence-electron chi connectivity index (χ3n) is 5.40. The van der Waals surface area contributed by atoms with Gasteiger partial charge >= 0.3 is 6.18 Å². The smallest absolute Gasteiger partial charge is 0.419 e. The third-order valence-corrected chi connectivity index (χ3v) is 7.77. The molecule has 1 fully saturated rings. The molecule has 1 aromatic heterocycles. The van der Waals surface area contributed by atoms with Gasteiger partial charge in [-0.05, 0) is 75.4 Å². The Balaban J connectivity index is 1.76. The first kappa shape index (κ1) is 23.3. The van der Waals surface area contributed by atoms with Gasteiger partial charge in [0.05, 0.1) is 9.77 Å². The minimum absolute atomic E-state index is 0.101. The van der Waals surface area contributed by atoms with Crippen molar-refractivity contribution in [3.05, 3.63) is 39.8 Å². The number of anilines is 1. The molecule has 1 aromatic carbocycles. The molecule has 1 aliphatic heterocycles. The van der Waals surface area contributed by atoms with E-state index in [9.17, 15) is 13.2 Å². The summed E-state index contributed by atoms with van der Waals surface area (Å²) in [6.45, 7) is 7.91. The summed E-state index contributed by atoms with van der Waals surface area (Å²) in [5.41, 5.74) is 2.54. The maximum absolute atomic E-state index is 13.5. The van der Waals surface area contributed by atoms with Gasteiger partial charge in [-0.2, -0.15) is 13.2 Å². The third kappa shape index (κ3) is 5.65. The zero-order valence-corrected chi connectivity index (χ0v) is 19.5. The maximum atomic E-state index is 13.5. The predicted molar refractivity (Wildman–Crippen MR) is 120 cm³/mol. The molecule has 0 spiro atoms. The Kier molecular flexibility index (Phi) is 7.63. The number of rotatable bonds is 8. The van der Waals surface area contributed by atoms with E-state index in [-0.39, 0.29) is 11.9 Å². The predicted octanol–water partition coefficient (Wildman–Crippen LogP) is 6.93. The number of likely N-dealkylation sites (N-methyl/N-ethyl adjacent to an activating group) is 1. The Morgan fingerprint density at radius 2 is 2.07 bits per heavy atom. The van der Waals surface area contributed by atoms with Gasteiger partial charge in [0.15, 0.2) is 0 Å². The van der Waals surface area contributed by atoms with Crippen LogP contribution in [0.2, 0.25) is 0 Å². The molecule has 1 atom stereocenters. The van der Waals surface area contributed by atoms with Crippen molar-refractivity contribution in [2.24, 2.45) is 0 Å². The Morgan fingerprint density at radius 1 is 1.30 bits per heavy atom. The monoisotopic (exact) mass is 458 g/mol. The number of nitrogens with one attached hydrogen (secondary N) is 1. The highest BCUT2D eigenvalue weighted by Gasteiger charge is 2.35. The summed E-state index contributed by atoms with van der Waals surface area (Å²) in [5.74, 6) is -0.101. The van der Waals surface area contributed by atoms with E-state index < -0.39 is 11.7 Å². The lowest BCUT2D eigenvalue weighted by molar-refractivity contribution is -0.139. The number of benzene rings is 1. The van der Waals surface area contributed by atoms with Crippen LogP contribution in [0.1, 0.15) is 47.8 Å². The first-order valence-electron chi connectivity index (χ1n) is 10.3. The summed E-state index contributed by atoms with van der Waals surface area (Å²) in [7, 11) is 1.95. The molecule has 0 unspecified atom stereocenters. The number of alkyl halides is 3. The molecule has 3 nitrogen and oxygen atoms in total. The van der Waals surface area contributed by atoms with Crippen LogP contribution in [0.4, 0.5) is 18.9 Å². The van der Waals surface area contributed by atoms with Crippen LogP contribution in [0.15, 0.2) is 22.4 Å². The standard InChI is InChI=1S/C22H29F3N2OS2/c1-5-6-7-18-14(2)21(29-15(18)3)30-26-16-8-9-19(22(23,24)25)20(12-16)28-17-10-11-27(4)13-17/h8-9,12,17,26H,5-7,10-11,13H2,1-4H3/t17-/m0/s1. The molecule has 0 radical (unpaired) electrons. The number of thiophene rings is 1. The van der Waals surface area contributed by atoms with Crippen molar-refractivity contribution >= 4 is 29.0 Å². The average Bonchev–Trinajstić information content (AvgIpc) is 3.20. The van der Waals surface area contributed by atoms with Gasteiger partial charge in [0, 0.05) is 29.7 Å². The lowest BCUT2D eigenvalue weighted by Gasteiger charge is -2.19. The van der Waals surface area contributed by atoms with Gasteiger partial charge in [0.25, 0.3) is 0 Å². The minimum Gasteiger partial charge on any atom is -0.488 e. The van der Waals surface area contributed by atoms with E-state index in [0.29, 0.717) is 12.2 Å². The fourth-order valence-corrected chi connectivity index (χ4v) is 5.89. The van der Waals surface area contributed by atoms with E-state index in [1.165, 1.54) is 40.1 Å². The highest BCUT2D eigenvalue weighted by Crippen LogP contribution is 2.41. The number of ether oxygens (including phenoxy) is 1. The lowest BCUT2D eigenvalue weighted by atomic mass is 10.1. The minimum atomic E-state index is -4.44. The molecule has 1 saturated heterocycles. The Hall–Kier alpha value is -1.38. The summed E-state index contributed by atoms with van der Waals surface area (Å²) in [5, 5.41) is 0. The quantitative estimate of drug-likeness (QED) is 0.434. The van der Waals surface area contributed by atoms with E-state index in [1.807, 2.05) is 7.05 Å². The van der Waals surface area contributed by atoms with Crippen molar-refractivity contribution in [2.45, 2.75) is 62.9 Å². The number of hydrogen-bond acceptors (Lipinski definition) is 5. The fourth-order valence-electron chi connectivity index (χ4n) is 3.67. The molecule has 2 heterocycles. The van der Waals surface area contributed by atoms with Crippen molar-refractivity contribution < 1.29 is 17.9 Å². The maximum Gasteiger partial charge on any atom is 0.419 e. The van der Waals surface area contributed by atoms with Gasteiger partial charge in [-0.15, -0.1) is 11.3 Å². The first-order chi connectivity index (χ1) is 14.2. The van der Waals surface area contributed by atoms with E-state index in [0.717, 1.165) is 42.5 Å². The molecule has 30 heavy (non-hydrogen) atoms. The molecule has 8 heteroatoms. The molecule has 0 saturated carbocycles. The molecule has 1 aliphatic rings. The SMILES string of the molecule is CCCCc1c(C)sc(SNc2ccc(C(F)(F)F)c(O[C@H]3CCN(C)C3)c2)c1C. The summed E-state index contributed by atoms with van der Waals surface area (Å²) in [6, 6.07) is 4.05. The van der Waals surface area contributed by atoms with Crippen molar-refractivity contribution in [1.82, 2.24) is 4.90 Å². The summed E-state index contributed by atoms with van der Waals surface area (Å²) < 4.78 is 50.6. The summed E-state index contributed by atoms with van der Waals surface area (Å²) in [4.78, 5) is 3.38. The Morgan fingerprint density at radius 3 is 2.70 bits per heavy atom. The molecule has 166 valence electrons. The van der Waals surface area contributed by atoms with Crippen LogP contribution in [-0.4, -0.2) is 31.1 Å². The van der Waals surface area contributed by atoms with Crippen molar-refractivity contribution in [3.63, 3.8) is 0 Å². The lowest BCUT2D eigenvalue weighted by Crippen LogP contribution is -2.22. The van der Waals surface area contributed by atoms with Crippen molar-refractivity contribution in [3.8, 4) is 5.75 Å². The number of nitrogens with zero attached hydrogens (tertiary/aromatic N) is 1. The van der Waals surface area contributed by atoms with E-state index in [2.05, 4.69) is 30.4 Å². The zero-order valence-electron chi connectivity index (χ0n) is 17.9. The molecule has 3 rings (SSSR count). The van der Waals surface area contributed by atoms with Gasteiger partial charge in [-0.1, -0.05) is 13.3 Å². The Labute approximate surface area is 185 Å². The molecular weight excluding hydrogens is 429 g/mol. The number of halogens is 3. The highest BCUT2D eigenvalue weighted by molar-refractivity contribution is 8.02. The average molecular weight is 459 g/mol. The van der Waals surface area contributed by atoms with Gasteiger partial charge in [-0.3, -0.25) is 0 Å². The Bertz CT molecular complexity index is 867. The molecular formula is C22H29F3N2OS2. The number of aryl methyl sites for hydroxylation is 1. The van der Waals surface area contributed by atoms with Crippen molar-refractivity contribution in [1.29, 1.82) is 0 Å². The van der Waals surface area contributed by atoms with Crippen LogP contribution >= 0.6 is 23.3 Å². The van der Waals surface area contributed by atoms with Crippen LogP contribution in [0.5, 0.6) is 5.75 Å². The number of hydrogen-bond donors (Lipinski definition) is 1. The summed E-state index contributed by atoms with van der Waals surface area (Å²) >= 11 is 3.19. The van der Waals surface area contributed by atoms with Crippen LogP contribution in [0.3, 0.4) is 0 Å². The van der Waals surface area contributed by atoms with E-state index >= 15 is 0 Å². The second-order valence-corrected chi connectivity index (χ2v) is 10.2.